The number of hydrogen-bond donors (Lipinski definition) is 0. The molecule has 1 saturated heterocycles. The highest BCUT2D eigenvalue weighted by molar-refractivity contribution is 7.99. The largest absolute Gasteiger partial charge is 0.341 e. The second-order valence-corrected chi connectivity index (χ2v) is 9.23. The van der Waals surface area contributed by atoms with Crippen molar-refractivity contribution in [3.05, 3.63) is 65.5 Å². The number of carbonyl (C=O) groups excluding carboxylic acids is 1. The molecule has 0 bridgehead atoms. The van der Waals surface area contributed by atoms with Crippen molar-refractivity contribution in [1.82, 2.24) is 24.6 Å². The third kappa shape index (κ3) is 5.81. The first-order chi connectivity index (χ1) is 16.0. The molecular formula is C25H30FN5OS. The maximum atomic E-state index is 13.1. The van der Waals surface area contributed by atoms with Crippen molar-refractivity contribution < 1.29 is 9.18 Å². The minimum absolute atomic E-state index is 0.131. The number of aromatic nitrogens is 3. The fourth-order valence-corrected chi connectivity index (χ4v) is 5.05. The molecule has 0 aliphatic carbocycles. The van der Waals surface area contributed by atoms with Gasteiger partial charge in [-0.3, -0.25) is 9.69 Å². The normalized spacial score (nSPS) is 14.9. The lowest BCUT2D eigenvalue weighted by molar-refractivity contribution is -0.128. The van der Waals surface area contributed by atoms with Gasteiger partial charge in [0, 0.05) is 44.8 Å². The molecule has 4 rings (SSSR count). The first kappa shape index (κ1) is 23.4. The Hall–Kier alpha value is -2.71. The van der Waals surface area contributed by atoms with Gasteiger partial charge in [-0.05, 0) is 43.5 Å². The summed E-state index contributed by atoms with van der Waals surface area (Å²) in [5.74, 6) is 1.11. The Kier molecular flexibility index (Phi) is 7.77. The molecule has 2 aromatic carbocycles. The van der Waals surface area contributed by atoms with Gasteiger partial charge in [-0.2, -0.15) is 0 Å². The van der Waals surface area contributed by atoms with Gasteiger partial charge < -0.3 is 9.47 Å². The summed E-state index contributed by atoms with van der Waals surface area (Å²) in [5, 5.41) is 9.57. The molecule has 1 aromatic heterocycles. The number of thioether (sulfide) groups is 1. The van der Waals surface area contributed by atoms with Crippen LogP contribution in [0.2, 0.25) is 0 Å². The molecule has 0 radical (unpaired) electrons. The number of aryl methyl sites for hydroxylation is 1. The molecule has 3 aromatic rings. The summed E-state index contributed by atoms with van der Waals surface area (Å²) in [4.78, 5) is 17.2. The third-order valence-electron chi connectivity index (χ3n) is 6.00. The highest BCUT2D eigenvalue weighted by Crippen LogP contribution is 2.26. The summed E-state index contributed by atoms with van der Waals surface area (Å²) in [5.41, 5.74) is 3.32. The van der Waals surface area contributed by atoms with Gasteiger partial charge in [0.25, 0.3) is 0 Å². The topological polar surface area (TPSA) is 54.3 Å². The second kappa shape index (κ2) is 10.9. The molecule has 8 heteroatoms. The van der Waals surface area contributed by atoms with E-state index in [1.54, 1.807) is 0 Å². The van der Waals surface area contributed by atoms with E-state index in [0.29, 0.717) is 12.3 Å². The maximum absolute atomic E-state index is 13.1. The van der Waals surface area contributed by atoms with Gasteiger partial charge in [0.1, 0.15) is 5.82 Å². The van der Waals surface area contributed by atoms with Gasteiger partial charge in [0.05, 0.1) is 5.75 Å². The van der Waals surface area contributed by atoms with E-state index in [9.17, 15) is 9.18 Å². The molecule has 6 nitrogen and oxygen atoms in total. The Bertz CT molecular complexity index is 1080. The number of carbonyl (C=O) groups is 1. The standard InChI is InChI=1S/C25H30FN5OS/c1-3-31-24(22-8-5-4-7-19(22)2)27-28-25(31)33-18-23(32)30-14-6-13-29(15-16-30)17-20-9-11-21(26)12-10-20/h4-5,7-12H,3,6,13-18H2,1-2H3. The predicted molar refractivity (Wildman–Crippen MR) is 129 cm³/mol. The van der Waals surface area contributed by atoms with Crippen molar-refractivity contribution in [2.24, 2.45) is 0 Å². The average Bonchev–Trinajstić information content (AvgIpc) is 3.08. The van der Waals surface area contributed by atoms with E-state index >= 15 is 0 Å². The summed E-state index contributed by atoms with van der Waals surface area (Å²) >= 11 is 1.46. The molecule has 0 spiro atoms. The molecule has 1 amide bonds. The van der Waals surface area contributed by atoms with Crippen LogP contribution in [0.5, 0.6) is 0 Å². The minimum atomic E-state index is -0.214. The van der Waals surface area contributed by atoms with Crippen molar-refractivity contribution >= 4 is 17.7 Å². The number of benzene rings is 2. The minimum Gasteiger partial charge on any atom is -0.341 e. The zero-order valence-electron chi connectivity index (χ0n) is 19.2. The van der Waals surface area contributed by atoms with Crippen molar-refractivity contribution in [1.29, 1.82) is 0 Å². The van der Waals surface area contributed by atoms with E-state index < -0.39 is 0 Å². The molecule has 0 N–H and O–H groups in total. The Morgan fingerprint density at radius 2 is 1.82 bits per heavy atom. The van der Waals surface area contributed by atoms with Crippen molar-refractivity contribution in [2.75, 3.05) is 31.9 Å². The predicted octanol–water partition coefficient (Wildman–Crippen LogP) is 4.24. The Morgan fingerprint density at radius 3 is 2.58 bits per heavy atom. The fraction of sp³-hybridized carbons (Fsp3) is 0.400. The summed E-state index contributed by atoms with van der Waals surface area (Å²) in [6, 6.07) is 14.8. The van der Waals surface area contributed by atoms with Crippen LogP contribution in [0, 0.1) is 12.7 Å². The van der Waals surface area contributed by atoms with Crippen LogP contribution in [0.4, 0.5) is 4.39 Å². The molecule has 33 heavy (non-hydrogen) atoms. The van der Waals surface area contributed by atoms with Gasteiger partial charge in [0.2, 0.25) is 5.91 Å². The summed E-state index contributed by atoms with van der Waals surface area (Å²) in [6.07, 6.45) is 0.931. The van der Waals surface area contributed by atoms with Gasteiger partial charge in [-0.15, -0.1) is 10.2 Å². The average molecular weight is 468 g/mol. The highest BCUT2D eigenvalue weighted by Gasteiger charge is 2.21. The molecular weight excluding hydrogens is 437 g/mol. The maximum Gasteiger partial charge on any atom is 0.233 e. The van der Waals surface area contributed by atoms with Gasteiger partial charge in [0.15, 0.2) is 11.0 Å². The highest BCUT2D eigenvalue weighted by atomic mass is 32.2. The number of nitrogens with zero attached hydrogens (tertiary/aromatic N) is 5. The SMILES string of the molecule is CCn1c(SCC(=O)N2CCCN(Cc3ccc(F)cc3)CC2)nnc1-c1ccccc1C. The Labute approximate surface area is 198 Å². The monoisotopic (exact) mass is 467 g/mol. The van der Waals surface area contributed by atoms with E-state index in [2.05, 4.69) is 45.6 Å². The molecule has 1 fully saturated rings. The van der Waals surface area contributed by atoms with E-state index in [0.717, 1.165) is 66.8 Å². The van der Waals surface area contributed by atoms with E-state index in [-0.39, 0.29) is 11.7 Å². The van der Waals surface area contributed by atoms with Crippen LogP contribution in [0.15, 0.2) is 53.7 Å². The number of halogens is 1. The summed E-state index contributed by atoms with van der Waals surface area (Å²) in [7, 11) is 0. The van der Waals surface area contributed by atoms with E-state index in [1.165, 1.54) is 23.9 Å². The first-order valence-electron chi connectivity index (χ1n) is 11.4. The van der Waals surface area contributed by atoms with Gasteiger partial charge >= 0.3 is 0 Å². The fourth-order valence-electron chi connectivity index (χ4n) is 4.15. The first-order valence-corrected chi connectivity index (χ1v) is 12.4. The molecule has 0 unspecified atom stereocenters. The number of rotatable bonds is 7. The summed E-state index contributed by atoms with van der Waals surface area (Å²) < 4.78 is 15.2. The molecule has 0 saturated carbocycles. The zero-order valence-corrected chi connectivity index (χ0v) is 20.0. The lowest BCUT2D eigenvalue weighted by Crippen LogP contribution is -2.36. The smallest absolute Gasteiger partial charge is 0.233 e. The van der Waals surface area contributed by atoms with Gasteiger partial charge in [-0.25, -0.2) is 4.39 Å². The van der Waals surface area contributed by atoms with Crippen molar-refractivity contribution in [2.45, 2.75) is 38.5 Å². The summed E-state index contributed by atoms with van der Waals surface area (Å²) in [6.45, 7) is 8.87. The van der Waals surface area contributed by atoms with Crippen LogP contribution in [0.1, 0.15) is 24.5 Å². The molecule has 2 heterocycles. The third-order valence-corrected chi connectivity index (χ3v) is 6.96. The number of hydrogen-bond acceptors (Lipinski definition) is 5. The van der Waals surface area contributed by atoms with E-state index in [4.69, 9.17) is 0 Å². The zero-order chi connectivity index (χ0) is 23.2. The quantitative estimate of drug-likeness (QED) is 0.487. The molecule has 174 valence electrons. The number of amides is 1. The van der Waals surface area contributed by atoms with Gasteiger partial charge in [-0.1, -0.05) is 48.2 Å². The van der Waals surface area contributed by atoms with Crippen LogP contribution in [-0.4, -0.2) is 62.4 Å². The van der Waals surface area contributed by atoms with Crippen LogP contribution < -0.4 is 0 Å². The molecule has 1 aliphatic rings. The Morgan fingerprint density at radius 1 is 1.03 bits per heavy atom. The Balaban J connectivity index is 1.33. The van der Waals surface area contributed by atoms with Crippen LogP contribution in [-0.2, 0) is 17.9 Å². The van der Waals surface area contributed by atoms with Crippen LogP contribution in [0.25, 0.3) is 11.4 Å². The van der Waals surface area contributed by atoms with E-state index in [1.807, 2.05) is 29.2 Å². The molecule has 0 atom stereocenters. The molecule has 1 aliphatic heterocycles. The lowest BCUT2D eigenvalue weighted by atomic mass is 10.1. The van der Waals surface area contributed by atoms with Crippen molar-refractivity contribution in [3.63, 3.8) is 0 Å². The van der Waals surface area contributed by atoms with Crippen molar-refractivity contribution in [3.8, 4) is 11.4 Å². The van der Waals surface area contributed by atoms with Crippen LogP contribution >= 0.6 is 11.8 Å². The second-order valence-electron chi connectivity index (χ2n) is 8.29. The lowest BCUT2D eigenvalue weighted by Gasteiger charge is -2.22. The van der Waals surface area contributed by atoms with Crippen LogP contribution in [0.3, 0.4) is 0 Å².